The van der Waals surface area contributed by atoms with E-state index < -0.39 is 0 Å². The maximum Gasteiger partial charge on any atom is 0.134 e. The van der Waals surface area contributed by atoms with Crippen molar-refractivity contribution in [2.24, 2.45) is 0 Å². The molecule has 0 bridgehead atoms. The van der Waals surface area contributed by atoms with Gasteiger partial charge in [0.25, 0.3) is 0 Å². The molecule has 0 radical (unpaired) electrons. The zero-order chi connectivity index (χ0) is 14.8. The third-order valence-electron chi connectivity index (χ3n) is 2.94. The molecule has 0 unspecified atom stereocenters. The monoisotopic (exact) mass is 282 g/mol. The van der Waals surface area contributed by atoms with E-state index in [1.54, 1.807) is 14.2 Å². The highest BCUT2D eigenvalue weighted by molar-refractivity contribution is 5.49. The van der Waals surface area contributed by atoms with Crippen LogP contribution in [-0.2, 0) is 15.9 Å². The molecule has 20 heavy (non-hydrogen) atoms. The van der Waals surface area contributed by atoms with Crippen molar-refractivity contribution in [1.29, 1.82) is 0 Å². The Labute approximate surface area is 121 Å². The fraction of sp³-hybridized carbons (Fsp3) is 0.714. The summed E-state index contributed by atoms with van der Waals surface area (Å²) in [5.41, 5.74) is 0. The lowest BCUT2D eigenvalue weighted by Crippen LogP contribution is -2.31. The number of methoxy groups -OCH3 is 2. The second kappa shape index (κ2) is 9.50. The number of nitrogens with one attached hydrogen (secondary N) is 1. The molecule has 0 aromatic carbocycles. The van der Waals surface area contributed by atoms with Gasteiger partial charge in [-0.3, -0.25) is 0 Å². The molecule has 0 atom stereocenters. The van der Waals surface area contributed by atoms with Crippen LogP contribution in [0.3, 0.4) is 0 Å². The van der Waals surface area contributed by atoms with E-state index in [0.29, 0.717) is 13.2 Å². The van der Waals surface area contributed by atoms with Gasteiger partial charge in [0.2, 0.25) is 0 Å². The van der Waals surface area contributed by atoms with Crippen molar-refractivity contribution in [2.45, 2.75) is 19.8 Å². The molecule has 0 amide bonds. The minimum absolute atomic E-state index is 0.658. The van der Waals surface area contributed by atoms with Crippen LogP contribution in [0.4, 0.5) is 11.6 Å². The van der Waals surface area contributed by atoms with Gasteiger partial charge >= 0.3 is 0 Å². The molecular weight excluding hydrogens is 256 g/mol. The normalized spacial score (nSPS) is 10.6. The Morgan fingerprint density at radius 3 is 2.30 bits per heavy atom. The van der Waals surface area contributed by atoms with Crippen molar-refractivity contribution in [3.63, 3.8) is 0 Å². The number of hydrogen-bond acceptors (Lipinski definition) is 6. The van der Waals surface area contributed by atoms with Crippen molar-refractivity contribution in [2.75, 3.05) is 57.8 Å². The van der Waals surface area contributed by atoms with Gasteiger partial charge in [0, 0.05) is 46.8 Å². The lowest BCUT2D eigenvalue weighted by Gasteiger charge is -2.24. The standard InChI is InChI=1S/C14H26N4O2/c1-5-6-12-16-13(15-2)11-14(17-12)18(7-9-19-3)8-10-20-4/h11H,5-10H2,1-4H3,(H,15,16,17). The molecule has 0 spiro atoms. The molecule has 0 aliphatic carbocycles. The topological polar surface area (TPSA) is 59.5 Å². The molecule has 0 aliphatic rings. The van der Waals surface area contributed by atoms with Crippen molar-refractivity contribution in [3.8, 4) is 0 Å². The molecular formula is C14H26N4O2. The lowest BCUT2D eigenvalue weighted by molar-refractivity contribution is 0.190. The molecule has 6 heteroatoms. The molecule has 0 saturated heterocycles. The molecule has 1 aromatic rings. The first kappa shape index (κ1) is 16.7. The van der Waals surface area contributed by atoms with Gasteiger partial charge < -0.3 is 19.7 Å². The van der Waals surface area contributed by atoms with Crippen LogP contribution < -0.4 is 10.2 Å². The zero-order valence-corrected chi connectivity index (χ0v) is 13.0. The molecule has 0 aliphatic heterocycles. The minimum Gasteiger partial charge on any atom is -0.383 e. The average Bonchev–Trinajstić information content (AvgIpc) is 2.47. The maximum atomic E-state index is 5.17. The Hall–Kier alpha value is -1.40. The van der Waals surface area contributed by atoms with Gasteiger partial charge in [0.1, 0.15) is 17.5 Å². The molecule has 1 N–H and O–H groups in total. The molecule has 1 rings (SSSR count). The molecule has 6 nitrogen and oxygen atoms in total. The van der Waals surface area contributed by atoms with E-state index in [9.17, 15) is 0 Å². The van der Waals surface area contributed by atoms with E-state index in [4.69, 9.17) is 9.47 Å². The number of nitrogens with zero attached hydrogens (tertiary/aromatic N) is 3. The van der Waals surface area contributed by atoms with Crippen LogP contribution in [0.5, 0.6) is 0 Å². The van der Waals surface area contributed by atoms with Crippen LogP contribution >= 0.6 is 0 Å². The van der Waals surface area contributed by atoms with Crippen LogP contribution in [0, 0.1) is 0 Å². The summed E-state index contributed by atoms with van der Waals surface area (Å²) in [6, 6.07) is 1.96. The van der Waals surface area contributed by atoms with Crippen molar-refractivity contribution < 1.29 is 9.47 Å². The van der Waals surface area contributed by atoms with Gasteiger partial charge in [0.15, 0.2) is 0 Å². The van der Waals surface area contributed by atoms with Gasteiger partial charge in [-0.15, -0.1) is 0 Å². The Balaban J connectivity index is 2.93. The summed E-state index contributed by atoms with van der Waals surface area (Å²) in [6.07, 6.45) is 1.91. The van der Waals surface area contributed by atoms with Gasteiger partial charge in [-0.25, -0.2) is 9.97 Å². The summed E-state index contributed by atoms with van der Waals surface area (Å²) in [7, 11) is 5.28. The highest BCUT2D eigenvalue weighted by Crippen LogP contribution is 2.16. The maximum absolute atomic E-state index is 5.17. The number of rotatable bonds is 10. The van der Waals surface area contributed by atoms with E-state index in [2.05, 4.69) is 27.1 Å². The SMILES string of the molecule is CCCc1nc(NC)cc(N(CCOC)CCOC)n1. The van der Waals surface area contributed by atoms with Gasteiger partial charge in [-0.05, 0) is 6.42 Å². The number of ether oxygens (including phenoxy) is 2. The fourth-order valence-corrected chi connectivity index (χ4v) is 1.85. The Morgan fingerprint density at radius 1 is 1.15 bits per heavy atom. The van der Waals surface area contributed by atoms with E-state index in [1.807, 2.05) is 13.1 Å². The van der Waals surface area contributed by atoms with Crippen LogP contribution in [0.15, 0.2) is 6.07 Å². The molecule has 1 aromatic heterocycles. The first-order chi connectivity index (χ1) is 9.74. The van der Waals surface area contributed by atoms with Gasteiger partial charge in [-0.2, -0.15) is 0 Å². The second-order valence-electron chi connectivity index (χ2n) is 4.50. The van der Waals surface area contributed by atoms with E-state index in [0.717, 1.165) is 43.4 Å². The predicted octanol–water partition coefficient (Wildman–Crippen LogP) is 1.57. The number of aryl methyl sites for hydroxylation is 1. The van der Waals surface area contributed by atoms with Crippen LogP contribution in [0.25, 0.3) is 0 Å². The summed E-state index contributed by atoms with van der Waals surface area (Å²) in [5.74, 6) is 2.63. The van der Waals surface area contributed by atoms with Crippen LogP contribution in [0.2, 0.25) is 0 Å². The Kier molecular flexibility index (Phi) is 7.91. The van der Waals surface area contributed by atoms with Crippen LogP contribution in [-0.4, -0.2) is 57.5 Å². The summed E-state index contributed by atoms with van der Waals surface area (Å²) in [5, 5.41) is 3.09. The molecule has 0 fully saturated rings. The number of hydrogen-bond donors (Lipinski definition) is 1. The Morgan fingerprint density at radius 2 is 1.80 bits per heavy atom. The van der Waals surface area contributed by atoms with Crippen molar-refractivity contribution in [1.82, 2.24) is 9.97 Å². The summed E-state index contributed by atoms with van der Waals surface area (Å²) >= 11 is 0. The third-order valence-corrected chi connectivity index (χ3v) is 2.94. The summed E-state index contributed by atoms with van der Waals surface area (Å²) in [4.78, 5) is 11.3. The van der Waals surface area contributed by atoms with Crippen molar-refractivity contribution in [3.05, 3.63) is 11.9 Å². The molecule has 114 valence electrons. The van der Waals surface area contributed by atoms with Gasteiger partial charge in [0.05, 0.1) is 13.2 Å². The third kappa shape index (κ3) is 5.30. The van der Waals surface area contributed by atoms with E-state index >= 15 is 0 Å². The van der Waals surface area contributed by atoms with Crippen molar-refractivity contribution >= 4 is 11.6 Å². The second-order valence-corrected chi connectivity index (χ2v) is 4.50. The number of anilines is 2. The highest BCUT2D eigenvalue weighted by atomic mass is 16.5. The quantitative estimate of drug-likeness (QED) is 0.703. The minimum atomic E-state index is 0.658. The molecule has 1 heterocycles. The molecule has 0 saturated carbocycles. The summed E-state index contributed by atoms with van der Waals surface area (Å²) < 4.78 is 10.3. The lowest BCUT2D eigenvalue weighted by atomic mass is 10.3. The van der Waals surface area contributed by atoms with Crippen LogP contribution in [0.1, 0.15) is 19.2 Å². The Bertz CT molecular complexity index is 379. The largest absolute Gasteiger partial charge is 0.383 e. The predicted molar refractivity (Wildman–Crippen MR) is 81.5 cm³/mol. The van der Waals surface area contributed by atoms with Gasteiger partial charge in [-0.1, -0.05) is 6.92 Å². The zero-order valence-electron chi connectivity index (χ0n) is 13.0. The smallest absolute Gasteiger partial charge is 0.134 e. The van der Waals surface area contributed by atoms with E-state index in [-0.39, 0.29) is 0 Å². The average molecular weight is 282 g/mol. The fourth-order valence-electron chi connectivity index (χ4n) is 1.85. The first-order valence-electron chi connectivity index (χ1n) is 7.03. The highest BCUT2D eigenvalue weighted by Gasteiger charge is 2.11. The van der Waals surface area contributed by atoms with E-state index in [1.165, 1.54) is 0 Å². The summed E-state index contributed by atoms with van der Waals surface area (Å²) in [6.45, 7) is 5.01. The first-order valence-corrected chi connectivity index (χ1v) is 7.03. The number of aromatic nitrogens is 2.